The van der Waals surface area contributed by atoms with Gasteiger partial charge in [0, 0.05) is 20.3 Å². The predicted molar refractivity (Wildman–Crippen MR) is 149 cm³/mol. The summed E-state index contributed by atoms with van der Waals surface area (Å²) in [4.78, 5) is 16.3. The summed E-state index contributed by atoms with van der Waals surface area (Å²) in [7, 11) is 0. The number of allylic oxidation sites excluding steroid dienone is 2. The Balaban J connectivity index is 1.96. The SMILES string of the molecule is CCCCCCCCCCC/C=C/CCCCCCCCC1N=CC[N+]1(CC)C(C)NC(C)=O. The van der Waals surface area contributed by atoms with Crippen LogP contribution in [-0.4, -0.2) is 42.0 Å². The molecule has 0 aromatic carbocycles. The average molecular weight is 477 g/mol. The number of quaternary nitrogens is 1. The highest BCUT2D eigenvalue weighted by atomic mass is 16.1. The van der Waals surface area contributed by atoms with Crippen molar-refractivity contribution in [3.8, 4) is 0 Å². The molecule has 0 spiro atoms. The van der Waals surface area contributed by atoms with E-state index in [-0.39, 0.29) is 12.1 Å². The van der Waals surface area contributed by atoms with Gasteiger partial charge >= 0.3 is 0 Å². The summed E-state index contributed by atoms with van der Waals surface area (Å²) < 4.78 is 0.880. The summed E-state index contributed by atoms with van der Waals surface area (Å²) in [6, 6.07) is 0. The number of nitrogens with one attached hydrogen (secondary N) is 1. The van der Waals surface area contributed by atoms with Crippen molar-refractivity contribution in [2.45, 2.75) is 156 Å². The van der Waals surface area contributed by atoms with Crippen molar-refractivity contribution in [2.24, 2.45) is 4.99 Å². The van der Waals surface area contributed by atoms with E-state index < -0.39 is 0 Å². The Hall–Kier alpha value is -1.16. The Kier molecular flexibility index (Phi) is 18.2. The summed E-state index contributed by atoms with van der Waals surface area (Å²) in [5.41, 5.74) is 0. The molecule has 1 N–H and O–H groups in total. The van der Waals surface area contributed by atoms with Crippen molar-refractivity contribution in [3.63, 3.8) is 0 Å². The van der Waals surface area contributed by atoms with E-state index in [4.69, 9.17) is 4.99 Å². The highest BCUT2D eigenvalue weighted by Crippen LogP contribution is 2.27. The Labute approximate surface area is 212 Å². The van der Waals surface area contributed by atoms with E-state index in [0.717, 1.165) is 24.0 Å². The number of hydrogen-bond acceptors (Lipinski definition) is 2. The maximum Gasteiger partial charge on any atom is 0.221 e. The van der Waals surface area contributed by atoms with Gasteiger partial charge in [0.15, 0.2) is 12.3 Å². The number of nitrogens with zero attached hydrogens (tertiary/aromatic N) is 2. The Morgan fingerprint density at radius 3 is 1.88 bits per heavy atom. The van der Waals surface area contributed by atoms with Gasteiger partial charge in [-0.15, -0.1) is 0 Å². The van der Waals surface area contributed by atoms with E-state index in [1.54, 1.807) is 6.92 Å². The third kappa shape index (κ3) is 13.1. The number of rotatable bonds is 22. The quantitative estimate of drug-likeness (QED) is 0.0952. The van der Waals surface area contributed by atoms with Crippen molar-refractivity contribution in [1.82, 2.24) is 5.32 Å². The van der Waals surface area contributed by atoms with Gasteiger partial charge in [0.25, 0.3) is 0 Å². The van der Waals surface area contributed by atoms with Crippen LogP contribution in [0, 0.1) is 0 Å². The first-order valence-corrected chi connectivity index (χ1v) is 14.9. The lowest BCUT2D eigenvalue weighted by atomic mass is 10.1. The van der Waals surface area contributed by atoms with E-state index in [2.05, 4.69) is 44.5 Å². The lowest BCUT2D eigenvalue weighted by molar-refractivity contribution is -0.959. The van der Waals surface area contributed by atoms with Crippen molar-refractivity contribution in [3.05, 3.63) is 12.2 Å². The summed E-state index contributed by atoms with van der Waals surface area (Å²) in [6.45, 7) is 10.2. The monoisotopic (exact) mass is 476 g/mol. The summed E-state index contributed by atoms with van der Waals surface area (Å²) in [5.74, 6) is 0.0578. The van der Waals surface area contributed by atoms with E-state index >= 15 is 0 Å². The fourth-order valence-electron chi connectivity index (χ4n) is 5.46. The summed E-state index contributed by atoms with van der Waals surface area (Å²) in [5, 5.41) is 3.12. The van der Waals surface area contributed by atoms with Gasteiger partial charge in [0.05, 0.1) is 12.8 Å². The van der Waals surface area contributed by atoms with E-state index in [9.17, 15) is 4.79 Å². The molecule has 3 atom stereocenters. The number of hydrogen-bond donors (Lipinski definition) is 1. The van der Waals surface area contributed by atoms with Gasteiger partial charge < -0.3 is 5.32 Å². The van der Waals surface area contributed by atoms with E-state index in [1.807, 2.05) is 0 Å². The largest absolute Gasteiger partial charge is 0.307 e. The molecule has 0 aromatic heterocycles. The molecule has 0 fully saturated rings. The minimum Gasteiger partial charge on any atom is -0.307 e. The first-order chi connectivity index (χ1) is 16.6. The number of unbranched alkanes of at least 4 members (excludes halogenated alkanes) is 15. The number of carbonyl (C=O) groups is 1. The molecular weight excluding hydrogens is 418 g/mol. The first-order valence-electron chi connectivity index (χ1n) is 14.9. The van der Waals surface area contributed by atoms with Crippen LogP contribution < -0.4 is 5.32 Å². The van der Waals surface area contributed by atoms with Crippen LogP contribution >= 0.6 is 0 Å². The fraction of sp³-hybridized carbons (Fsp3) is 0.867. The molecule has 1 aliphatic rings. The summed E-state index contributed by atoms with van der Waals surface area (Å²) >= 11 is 0. The van der Waals surface area contributed by atoms with Gasteiger partial charge in [0.2, 0.25) is 5.91 Å². The van der Waals surface area contributed by atoms with Crippen molar-refractivity contribution in [1.29, 1.82) is 0 Å². The van der Waals surface area contributed by atoms with Crippen LogP contribution in [0.2, 0.25) is 0 Å². The van der Waals surface area contributed by atoms with Gasteiger partial charge in [-0.1, -0.05) is 96.1 Å². The van der Waals surface area contributed by atoms with Crippen molar-refractivity contribution in [2.75, 3.05) is 13.1 Å². The van der Waals surface area contributed by atoms with Gasteiger partial charge in [-0.3, -0.25) is 9.28 Å². The Morgan fingerprint density at radius 1 is 0.882 bits per heavy atom. The molecule has 1 amide bonds. The zero-order chi connectivity index (χ0) is 24.9. The number of carbonyl (C=O) groups excluding carboxylic acids is 1. The van der Waals surface area contributed by atoms with Crippen molar-refractivity contribution >= 4 is 12.1 Å². The van der Waals surface area contributed by atoms with Gasteiger partial charge in [-0.2, -0.15) is 0 Å². The molecule has 0 bridgehead atoms. The van der Waals surface area contributed by atoms with Crippen LogP contribution in [-0.2, 0) is 4.79 Å². The highest BCUT2D eigenvalue weighted by Gasteiger charge is 2.42. The fourth-order valence-corrected chi connectivity index (χ4v) is 5.46. The van der Waals surface area contributed by atoms with Gasteiger partial charge in [-0.05, 0) is 39.0 Å². The molecule has 1 aliphatic heterocycles. The van der Waals surface area contributed by atoms with E-state index in [0.29, 0.717) is 6.17 Å². The van der Waals surface area contributed by atoms with Crippen LogP contribution in [0.25, 0.3) is 0 Å². The summed E-state index contributed by atoms with van der Waals surface area (Å²) in [6.07, 6.45) is 31.7. The van der Waals surface area contributed by atoms with Crippen LogP contribution in [0.1, 0.15) is 143 Å². The van der Waals surface area contributed by atoms with Crippen LogP contribution in [0.15, 0.2) is 17.1 Å². The van der Waals surface area contributed by atoms with Crippen LogP contribution in [0.3, 0.4) is 0 Å². The lowest BCUT2D eigenvalue weighted by Crippen LogP contribution is -2.63. The first kappa shape index (κ1) is 30.9. The third-order valence-corrected chi connectivity index (χ3v) is 7.79. The standard InChI is InChI=1S/C30H57N3O/c1-5-7-8-9-10-11-12-13-14-15-16-17-18-19-20-21-22-23-24-25-30-31-26-27-33(30,6-2)28(3)32-29(4)34/h16-17,26,28,30H,5-15,18-25,27H2,1-4H3/p+1/b17-16+. The normalized spacial score (nSPS) is 20.9. The Morgan fingerprint density at radius 2 is 1.38 bits per heavy atom. The molecule has 0 saturated heterocycles. The molecule has 0 saturated carbocycles. The maximum atomic E-state index is 11.6. The number of amides is 1. The maximum absolute atomic E-state index is 11.6. The average Bonchev–Trinajstić information content (AvgIpc) is 3.24. The second-order valence-electron chi connectivity index (χ2n) is 10.6. The molecule has 4 nitrogen and oxygen atoms in total. The minimum absolute atomic E-state index is 0.0578. The van der Waals surface area contributed by atoms with Gasteiger partial charge in [-0.25, -0.2) is 4.99 Å². The molecule has 1 rings (SSSR count). The molecule has 0 radical (unpaired) electrons. The second-order valence-corrected chi connectivity index (χ2v) is 10.6. The third-order valence-electron chi connectivity index (χ3n) is 7.79. The van der Waals surface area contributed by atoms with E-state index in [1.165, 1.54) is 109 Å². The molecule has 198 valence electrons. The molecule has 1 heterocycles. The molecule has 0 aromatic rings. The molecule has 34 heavy (non-hydrogen) atoms. The lowest BCUT2D eigenvalue weighted by Gasteiger charge is -2.42. The molecule has 4 heteroatoms. The smallest absolute Gasteiger partial charge is 0.221 e. The van der Waals surface area contributed by atoms with Crippen LogP contribution in [0.5, 0.6) is 0 Å². The zero-order valence-electron chi connectivity index (χ0n) is 23.3. The Bertz CT molecular complexity index is 559. The van der Waals surface area contributed by atoms with Crippen molar-refractivity contribution < 1.29 is 9.28 Å². The molecule has 0 aliphatic carbocycles. The van der Waals surface area contributed by atoms with Gasteiger partial charge in [0.1, 0.15) is 6.54 Å². The predicted octanol–water partition coefficient (Wildman–Crippen LogP) is 8.31. The van der Waals surface area contributed by atoms with Crippen LogP contribution in [0.4, 0.5) is 0 Å². The zero-order valence-corrected chi connectivity index (χ0v) is 23.3. The number of aliphatic imine (C=N–C) groups is 1. The second kappa shape index (κ2) is 20.1. The molecular formula is C30H58N3O+. The molecule has 3 unspecified atom stereocenters. The topological polar surface area (TPSA) is 41.5 Å². The highest BCUT2D eigenvalue weighted by molar-refractivity contribution is 5.73. The minimum atomic E-state index is 0.0578.